The van der Waals surface area contributed by atoms with Crippen LogP contribution in [0.3, 0.4) is 0 Å². The number of para-hydroxylation sites is 2. The molecule has 1 aromatic heterocycles. The second kappa shape index (κ2) is 7.63. The zero-order chi connectivity index (χ0) is 17.6. The Morgan fingerprint density at radius 2 is 1.84 bits per heavy atom. The third-order valence-corrected chi connectivity index (χ3v) is 3.62. The molecule has 25 heavy (non-hydrogen) atoms. The summed E-state index contributed by atoms with van der Waals surface area (Å²) in [5.41, 5.74) is 1.61. The molecule has 1 heterocycles. The first-order valence-corrected chi connectivity index (χ1v) is 7.82. The van der Waals surface area contributed by atoms with Gasteiger partial charge in [0.15, 0.2) is 0 Å². The highest BCUT2D eigenvalue weighted by Crippen LogP contribution is 2.24. The maximum Gasteiger partial charge on any atom is 0.274 e. The van der Waals surface area contributed by atoms with Crippen LogP contribution in [0.2, 0.25) is 5.02 Å². The Bertz CT molecular complexity index is 884. The molecule has 3 aromatic rings. The summed E-state index contributed by atoms with van der Waals surface area (Å²) in [5, 5.41) is 6.52. The van der Waals surface area contributed by atoms with Crippen molar-refractivity contribution in [2.75, 3.05) is 17.7 Å². The first-order valence-electron chi connectivity index (χ1n) is 7.45. The molecule has 126 valence electrons. The maximum absolute atomic E-state index is 12.4. The number of carbonyl (C=O) groups is 1. The first-order chi connectivity index (χ1) is 12.2. The monoisotopic (exact) mass is 354 g/mol. The molecule has 1 amide bonds. The minimum Gasteiger partial charge on any atom is -0.495 e. The quantitative estimate of drug-likeness (QED) is 0.720. The molecular weight excluding hydrogens is 340 g/mol. The van der Waals surface area contributed by atoms with Crippen molar-refractivity contribution in [1.29, 1.82) is 0 Å². The highest BCUT2D eigenvalue weighted by Gasteiger charge is 2.12. The topological polar surface area (TPSA) is 76.1 Å². The summed E-state index contributed by atoms with van der Waals surface area (Å²) in [7, 11) is 1.55. The standard InChI is InChI=1S/C18H15ClN4O2/c1-25-16-5-3-2-4-14(16)23-18(24)15-10-17(21-11-20-15)22-13-8-6-12(19)7-9-13/h2-11H,1H3,(H,23,24)(H,20,21,22). The summed E-state index contributed by atoms with van der Waals surface area (Å²) in [4.78, 5) is 20.6. The third-order valence-electron chi connectivity index (χ3n) is 3.37. The van der Waals surface area contributed by atoms with Gasteiger partial charge in [0.25, 0.3) is 5.91 Å². The average molecular weight is 355 g/mol. The molecule has 0 saturated heterocycles. The molecule has 0 spiro atoms. The largest absolute Gasteiger partial charge is 0.495 e. The molecule has 0 aliphatic rings. The summed E-state index contributed by atoms with van der Waals surface area (Å²) in [6, 6.07) is 15.9. The lowest BCUT2D eigenvalue weighted by Crippen LogP contribution is -2.15. The first kappa shape index (κ1) is 16.7. The minimum atomic E-state index is -0.356. The van der Waals surface area contributed by atoms with E-state index in [0.29, 0.717) is 22.3 Å². The van der Waals surface area contributed by atoms with E-state index in [4.69, 9.17) is 16.3 Å². The Labute approximate surface area is 149 Å². The summed E-state index contributed by atoms with van der Waals surface area (Å²) >= 11 is 5.87. The average Bonchev–Trinajstić information content (AvgIpc) is 2.64. The van der Waals surface area contributed by atoms with Crippen molar-refractivity contribution in [3.05, 3.63) is 71.6 Å². The number of ether oxygens (including phenoxy) is 1. The number of halogens is 1. The van der Waals surface area contributed by atoms with Crippen LogP contribution < -0.4 is 15.4 Å². The van der Waals surface area contributed by atoms with Gasteiger partial charge < -0.3 is 15.4 Å². The zero-order valence-electron chi connectivity index (χ0n) is 13.4. The Balaban J connectivity index is 1.76. The van der Waals surface area contributed by atoms with Gasteiger partial charge in [-0.05, 0) is 36.4 Å². The maximum atomic E-state index is 12.4. The summed E-state index contributed by atoms with van der Waals surface area (Å²) in [6.45, 7) is 0. The zero-order valence-corrected chi connectivity index (χ0v) is 14.1. The SMILES string of the molecule is COc1ccccc1NC(=O)c1cc(Nc2ccc(Cl)cc2)ncn1. The molecule has 7 heteroatoms. The van der Waals surface area contributed by atoms with Crippen LogP contribution in [0.5, 0.6) is 5.75 Å². The molecule has 0 unspecified atom stereocenters. The Kier molecular flexibility index (Phi) is 5.11. The molecular formula is C18H15ClN4O2. The molecule has 0 atom stereocenters. The van der Waals surface area contributed by atoms with Crippen molar-refractivity contribution in [3.8, 4) is 5.75 Å². The number of benzene rings is 2. The van der Waals surface area contributed by atoms with Crippen LogP contribution in [0.25, 0.3) is 0 Å². The highest BCUT2D eigenvalue weighted by molar-refractivity contribution is 6.30. The predicted molar refractivity (Wildman–Crippen MR) is 97.7 cm³/mol. The predicted octanol–water partition coefficient (Wildman–Crippen LogP) is 4.13. The second-order valence-corrected chi connectivity index (χ2v) is 5.51. The third kappa shape index (κ3) is 4.24. The van der Waals surface area contributed by atoms with E-state index in [0.717, 1.165) is 5.69 Å². The molecule has 3 rings (SSSR count). The van der Waals surface area contributed by atoms with Gasteiger partial charge in [0.2, 0.25) is 0 Å². The number of anilines is 3. The van der Waals surface area contributed by atoms with E-state index in [1.807, 2.05) is 24.3 Å². The van der Waals surface area contributed by atoms with Crippen molar-refractivity contribution >= 4 is 34.7 Å². The summed E-state index contributed by atoms with van der Waals surface area (Å²) in [5.74, 6) is 0.720. The van der Waals surface area contributed by atoms with Gasteiger partial charge in [0, 0.05) is 16.8 Å². The van der Waals surface area contributed by atoms with E-state index in [-0.39, 0.29) is 11.6 Å². The van der Waals surface area contributed by atoms with Gasteiger partial charge in [0.05, 0.1) is 12.8 Å². The van der Waals surface area contributed by atoms with E-state index in [1.54, 1.807) is 37.4 Å². The normalized spacial score (nSPS) is 10.2. The number of hydrogen-bond acceptors (Lipinski definition) is 5. The summed E-state index contributed by atoms with van der Waals surface area (Å²) < 4.78 is 5.22. The van der Waals surface area contributed by atoms with Crippen molar-refractivity contribution in [2.45, 2.75) is 0 Å². The fourth-order valence-corrected chi connectivity index (χ4v) is 2.29. The highest BCUT2D eigenvalue weighted by atomic mass is 35.5. The number of amides is 1. The van der Waals surface area contributed by atoms with Crippen LogP contribution in [0.15, 0.2) is 60.9 Å². The number of hydrogen-bond donors (Lipinski definition) is 2. The molecule has 6 nitrogen and oxygen atoms in total. The van der Waals surface area contributed by atoms with Crippen LogP contribution in [-0.2, 0) is 0 Å². The number of carbonyl (C=O) groups excluding carboxylic acids is 1. The van der Waals surface area contributed by atoms with Gasteiger partial charge in [-0.25, -0.2) is 9.97 Å². The van der Waals surface area contributed by atoms with E-state index in [9.17, 15) is 4.79 Å². The van der Waals surface area contributed by atoms with Gasteiger partial charge in [-0.3, -0.25) is 4.79 Å². The molecule has 2 aromatic carbocycles. The van der Waals surface area contributed by atoms with E-state index in [1.165, 1.54) is 6.33 Å². The Hall–Kier alpha value is -3.12. The number of methoxy groups -OCH3 is 1. The molecule has 2 N–H and O–H groups in total. The van der Waals surface area contributed by atoms with Gasteiger partial charge >= 0.3 is 0 Å². The lowest BCUT2D eigenvalue weighted by atomic mass is 10.2. The van der Waals surface area contributed by atoms with Crippen LogP contribution >= 0.6 is 11.6 Å². The van der Waals surface area contributed by atoms with Crippen LogP contribution in [0.4, 0.5) is 17.2 Å². The van der Waals surface area contributed by atoms with Gasteiger partial charge in [-0.2, -0.15) is 0 Å². The molecule has 0 bridgehead atoms. The number of nitrogens with one attached hydrogen (secondary N) is 2. The smallest absolute Gasteiger partial charge is 0.274 e. The molecule has 0 aliphatic carbocycles. The summed E-state index contributed by atoms with van der Waals surface area (Å²) in [6.07, 6.45) is 1.33. The molecule has 0 saturated carbocycles. The van der Waals surface area contributed by atoms with Gasteiger partial charge in [0.1, 0.15) is 23.6 Å². The number of aromatic nitrogens is 2. The second-order valence-electron chi connectivity index (χ2n) is 5.07. The Morgan fingerprint density at radius 1 is 1.08 bits per heavy atom. The van der Waals surface area contributed by atoms with Crippen molar-refractivity contribution in [1.82, 2.24) is 9.97 Å². The molecule has 0 radical (unpaired) electrons. The fraction of sp³-hybridized carbons (Fsp3) is 0.0556. The van der Waals surface area contributed by atoms with Crippen LogP contribution in [0, 0.1) is 0 Å². The van der Waals surface area contributed by atoms with E-state index >= 15 is 0 Å². The Morgan fingerprint density at radius 3 is 2.60 bits per heavy atom. The van der Waals surface area contributed by atoms with Crippen LogP contribution in [0.1, 0.15) is 10.5 Å². The van der Waals surface area contributed by atoms with Crippen molar-refractivity contribution < 1.29 is 9.53 Å². The number of nitrogens with zero attached hydrogens (tertiary/aromatic N) is 2. The van der Waals surface area contributed by atoms with Crippen molar-refractivity contribution in [2.24, 2.45) is 0 Å². The van der Waals surface area contributed by atoms with Gasteiger partial charge in [-0.15, -0.1) is 0 Å². The molecule has 0 aliphatic heterocycles. The lowest BCUT2D eigenvalue weighted by Gasteiger charge is -2.10. The van der Waals surface area contributed by atoms with Crippen molar-refractivity contribution in [3.63, 3.8) is 0 Å². The van der Waals surface area contributed by atoms with E-state index in [2.05, 4.69) is 20.6 Å². The van der Waals surface area contributed by atoms with Gasteiger partial charge in [-0.1, -0.05) is 23.7 Å². The van der Waals surface area contributed by atoms with Crippen LogP contribution in [-0.4, -0.2) is 23.0 Å². The lowest BCUT2D eigenvalue weighted by molar-refractivity contribution is 0.102. The minimum absolute atomic E-state index is 0.234. The molecule has 0 fully saturated rings. The fourth-order valence-electron chi connectivity index (χ4n) is 2.17. The van der Waals surface area contributed by atoms with E-state index < -0.39 is 0 Å². The number of rotatable bonds is 5.